The van der Waals surface area contributed by atoms with Crippen LogP contribution in [0.3, 0.4) is 0 Å². The van der Waals surface area contributed by atoms with Crippen LogP contribution < -0.4 is 10.6 Å². The number of nitrogens with one attached hydrogen (secondary N) is 3. The van der Waals surface area contributed by atoms with Crippen molar-refractivity contribution in [2.75, 3.05) is 12.4 Å². The van der Waals surface area contributed by atoms with Crippen molar-refractivity contribution < 1.29 is 9.72 Å². The lowest BCUT2D eigenvalue weighted by molar-refractivity contribution is -0.384. The Labute approximate surface area is 114 Å². The molecule has 2 rings (SSSR count). The van der Waals surface area contributed by atoms with Gasteiger partial charge in [-0.2, -0.15) is 0 Å². The minimum absolute atomic E-state index is 0.148. The summed E-state index contributed by atoms with van der Waals surface area (Å²) in [5, 5.41) is 16.4. The molecule has 1 amide bonds. The van der Waals surface area contributed by atoms with E-state index in [-0.39, 0.29) is 17.2 Å². The smallest absolute Gasteiger partial charge is 0.293 e. The maximum absolute atomic E-state index is 11.5. The van der Waals surface area contributed by atoms with Gasteiger partial charge in [-0.3, -0.25) is 14.9 Å². The first-order valence-electron chi connectivity index (χ1n) is 5.83. The van der Waals surface area contributed by atoms with E-state index in [9.17, 15) is 14.9 Å². The second kappa shape index (κ2) is 5.83. The second-order valence-electron chi connectivity index (χ2n) is 4.00. The molecule has 2 aromatic rings. The van der Waals surface area contributed by atoms with Gasteiger partial charge in [0.2, 0.25) is 0 Å². The van der Waals surface area contributed by atoms with E-state index < -0.39 is 4.92 Å². The summed E-state index contributed by atoms with van der Waals surface area (Å²) in [6.07, 6.45) is 3.15. The summed E-state index contributed by atoms with van der Waals surface area (Å²) >= 11 is 0. The number of carbonyl (C=O) groups is 1. The summed E-state index contributed by atoms with van der Waals surface area (Å²) in [4.78, 5) is 28.8. The van der Waals surface area contributed by atoms with Crippen molar-refractivity contribution in [3.63, 3.8) is 0 Å². The first kappa shape index (κ1) is 13.5. The zero-order valence-electron chi connectivity index (χ0n) is 10.7. The normalized spacial score (nSPS) is 10.1. The van der Waals surface area contributed by atoms with E-state index >= 15 is 0 Å². The second-order valence-corrected chi connectivity index (χ2v) is 4.00. The average molecular weight is 275 g/mol. The molecule has 8 nitrogen and oxygen atoms in total. The van der Waals surface area contributed by atoms with Crippen LogP contribution in [0.5, 0.6) is 0 Å². The summed E-state index contributed by atoms with van der Waals surface area (Å²) in [6.45, 7) is 0.375. The average Bonchev–Trinajstić information content (AvgIpc) is 2.97. The number of imidazole rings is 1. The van der Waals surface area contributed by atoms with Gasteiger partial charge in [-0.05, 0) is 12.1 Å². The van der Waals surface area contributed by atoms with Gasteiger partial charge in [-0.1, -0.05) is 0 Å². The van der Waals surface area contributed by atoms with Crippen LogP contribution in [0.4, 0.5) is 11.4 Å². The Morgan fingerprint density at radius 1 is 1.50 bits per heavy atom. The number of rotatable bonds is 5. The quantitative estimate of drug-likeness (QED) is 0.562. The summed E-state index contributed by atoms with van der Waals surface area (Å²) < 4.78 is 0. The standard InChI is InChI=1S/C12H13N5O3/c1-13-12(18)8-2-3-10(11(4-8)17(19)20)15-6-9-5-14-7-16-9/h2-5,7,15H,6H2,1H3,(H,13,18)(H,14,16). The number of amides is 1. The van der Waals surface area contributed by atoms with Gasteiger partial charge >= 0.3 is 0 Å². The van der Waals surface area contributed by atoms with E-state index in [0.717, 1.165) is 5.69 Å². The number of hydrogen-bond acceptors (Lipinski definition) is 5. The lowest BCUT2D eigenvalue weighted by Crippen LogP contribution is -2.18. The molecule has 0 saturated heterocycles. The Kier molecular flexibility index (Phi) is 3.94. The van der Waals surface area contributed by atoms with Crippen molar-refractivity contribution in [1.29, 1.82) is 0 Å². The Bertz CT molecular complexity index is 624. The van der Waals surface area contributed by atoms with E-state index in [2.05, 4.69) is 20.6 Å². The van der Waals surface area contributed by atoms with E-state index in [1.807, 2.05) is 0 Å². The minimum atomic E-state index is -0.526. The van der Waals surface area contributed by atoms with Crippen LogP contribution in [0.1, 0.15) is 16.1 Å². The number of H-pyrrole nitrogens is 1. The Morgan fingerprint density at radius 2 is 2.30 bits per heavy atom. The fraction of sp³-hybridized carbons (Fsp3) is 0.167. The molecule has 0 unspecified atom stereocenters. The minimum Gasteiger partial charge on any atom is -0.374 e. The van der Waals surface area contributed by atoms with Crippen LogP contribution >= 0.6 is 0 Å². The molecule has 0 aliphatic rings. The molecule has 0 spiro atoms. The number of nitro benzene ring substituents is 1. The highest BCUT2D eigenvalue weighted by Crippen LogP contribution is 2.26. The molecule has 20 heavy (non-hydrogen) atoms. The van der Waals surface area contributed by atoms with Gasteiger partial charge in [0.1, 0.15) is 5.69 Å². The lowest BCUT2D eigenvalue weighted by Gasteiger charge is -2.07. The first-order valence-corrected chi connectivity index (χ1v) is 5.83. The molecule has 0 aliphatic heterocycles. The number of nitrogens with zero attached hydrogens (tertiary/aromatic N) is 2. The summed E-state index contributed by atoms with van der Waals surface area (Å²) in [5.74, 6) is -0.367. The highest BCUT2D eigenvalue weighted by Gasteiger charge is 2.17. The largest absolute Gasteiger partial charge is 0.374 e. The summed E-state index contributed by atoms with van der Waals surface area (Å²) in [5.41, 5.74) is 1.24. The van der Waals surface area contributed by atoms with Crippen molar-refractivity contribution in [2.24, 2.45) is 0 Å². The van der Waals surface area contributed by atoms with Crippen LogP contribution in [0.25, 0.3) is 0 Å². The van der Waals surface area contributed by atoms with Gasteiger partial charge in [0.25, 0.3) is 11.6 Å². The van der Waals surface area contributed by atoms with Gasteiger partial charge in [0.05, 0.1) is 23.5 Å². The SMILES string of the molecule is CNC(=O)c1ccc(NCc2cnc[nH]2)c([N+](=O)[O-])c1. The van der Waals surface area contributed by atoms with Crippen LogP contribution in [-0.2, 0) is 6.54 Å². The third-order valence-corrected chi connectivity index (χ3v) is 2.71. The van der Waals surface area contributed by atoms with Crippen LogP contribution in [0.15, 0.2) is 30.7 Å². The van der Waals surface area contributed by atoms with Gasteiger partial charge in [-0.15, -0.1) is 0 Å². The molecule has 104 valence electrons. The molecule has 0 radical (unpaired) electrons. The molecule has 0 atom stereocenters. The fourth-order valence-electron chi connectivity index (χ4n) is 1.69. The Morgan fingerprint density at radius 3 is 2.90 bits per heavy atom. The van der Waals surface area contributed by atoms with Gasteiger partial charge in [0.15, 0.2) is 0 Å². The van der Waals surface area contributed by atoms with Gasteiger partial charge in [0, 0.05) is 24.9 Å². The topological polar surface area (TPSA) is 113 Å². The maximum Gasteiger partial charge on any atom is 0.293 e. The van der Waals surface area contributed by atoms with Crippen molar-refractivity contribution >= 4 is 17.3 Å². The molecule has 0 saturated carbocycles. The molecule has 3 N–H and O–H groups in total. The van der Waals surface area contributed by atoms with E-state index in [0.29, 0.717) is 12.2 Å². The zero-order valence-corrected chi connectivity index (χ0v) is 10.7. The highest BCUT2D eigenvalue weighted by atomic mass is 16.6. The molecule has 0 fully saturated rings. The highest BCUT2D eigenvalue weighted by molar-refractivity contribution is 5.95. The Hall–Kier alpha value is -2.90. The predicted molar refractivity (Wildman–Crippen MR) is 72.4 cm³/mol. The number of aromatic amines is 1. The number of aromatic nitrogens is 2. The van der Waals surface area contributed by atoms with Gasteiger partial charge in [-0.25, -0.2) is 4.98 Å². The predicted octanol–water partition coefficient (Wildman–Crippen LogP) is 1.29. The number of nitro groups is 1. The number of benzene rings is 1. The third kappa shape index (κ3) is 2.91. The molecule has 0 bridgehead atoms. The molecule has 8 heteroatoms. The van der Waals surface area contributed by atoms with E-state index in [4.69, 9.17) is 0 Å². The zero-order chi connectivity index (χ0) is 14.5. The monoisotopic (exact) mass is 275 g/mol. The number of anilines is 1. The number of carbonyl (C=O) groups excluding carboxylic acids is 1. The third-order valence-electron chi connectivity index (χ3n) is 2.71. The first-order chi connectivity index (χ1) is 9.61. The molecular formula is C12H13N5O3. The molecule has 1 heterocycles. The molecule has 1 aromatic heterocycles. The number of hydrogen-bond donors (Lipinski definition) is 3. The van der Waals surface area contributed by atoms with Crippen molar-refractivity contribution in [1.82, 2.24) is 15.3 Å². The molecule has 0 aliphatic carbocycles. The van der Waals surface area contributed by atoms with E-state index in [1.54, 1.807) is 6.20 Å². The van der Waals surface area contributed by atoms with Crippen molar-refractivity contribution in [2.45, 2.75) is 6.54 Å². The van der Waals surface area contributed by atoms with Crippen molar-refractivity contribution in [3.8, 4) is 0 Å². The fourth-order valence-corrected chi connectivity index (χ4v) is 1.69. The maximum atomic E-state index is 11.5. The van der Waals surface area contributed by atoms with Crippen LogP contribution in [0.2, 0.25) is 0 Å². The van der Waals surface area contributed by atoms with Crippen molar-refractivity contribution in [3.05, 3.63) is 52.1 Å². The molecular weight excluding hydrogens is 262 g/mol. The van der Waals surface area contributed by atoms with E-state index in [1.165, 1.54) is 31.6 Å². The van der Waals surface area contributed by atoms with Crippen LogP contribution in [0, 0.1) is 10.1 Å². The van der Waals surface area contributed by atoms with Crippen LogP contribution in [-0.4, -0.2) is 27.8 Å². The Balaban J connectivity index is 2.23. The lowest BCUT2D eigenvalue weighted by atomic mass is 10.1. The van der Waals surface area contributed by atoms with Gasteiger partial charge < -0.3 is 15.6 Å². The summed E-state index contributed by atoms with van der Waals surface area (Å²) in [7, 11) is 1.47. The summed E-state index contributed by atoms with van der Waals surface area (Å²) in [6, 6.07) is 4.29. The molecule has 1 aromatic carbocycles.